The fourth-order valence-electron chi connectivity index (χ4n) is 1.78. The highest BCUT2D eigenvalue weighted by Crippen LogP contribution is 2.27. The smallest absolute Gasteiger partial charge is 0.298 e. The highest BCUT2D eigenvalue weighted by Gasteiger charge is 2.17. The maximum absolute atomic E-state index is 10.9. The molecule has 2 heterocycles. The lowest BCUT2D eigenvalue weighted by Crippen LogP contribution is -2.05. The van der Waals surface area contributed by atoms with Crippen molar-refractivity contribution in [2.45, 2.75) is 6.54 Å². The molecule has 0 unspecified atom stereocenters. The van der Waals surface area contributed by atoms with E-state index in [0.29, 0.717) is 18.0 Å². The predicted octanol–water partition coefficient (Wildman–Crippen LogP) is 1.48. The second-order valence-corrected chi connectivity index (χ2v) is 4.11. The summed E-state index contributed by atoms with van der Waals surface area (Å²) in [5.41, 5.74) is 0.496. The Morgan fingerprint density at radius 1 is 1.50 bits per heavy atom. The molecule has 0 aliphatic carbocycles. The molecule has 1 N–H and O–H groups in total. The minimum atomic E-state index is -0.489. The van der Waals surface area contributed by atoms with E-state index in [2.05, 4.69) is 20.5 Å². The Labute approximate surface area is 112 Å². The topological polar surface area (TPSA) is 112 Å². The molecule has 20 heavy (non-hydrogen) atoms. The second kappa shape index (κ2) is 4.61. The molecule has 102 valence electrons. The summed E-state index contributed by atoms with van der Waals surface area (Å²) in [5, 5.41) is 21.5. The Bertz CT molecular complexity index is 777. The SMILES string of the molecule is Cn1cnnc1CNc1nc2c([N+](=O)[O-])cccc2o1. The number of nitrogens with one attached hydrogen (secondary N) is 1. The van der Waals surface area contributed by atoms with Gasteiger partial charge in [-0.2, -0.15) is 4.98 Å². The predicted molar refractivity (Wildman–Crippen MR) is 69.0 cm³/mol. The first-order valence-electron chi connectivity index (χ1n) is 5.76. The second-order valence-electron chi connectivity index (χ2n) is 4.11. The number of aryl methyl sites for hydroxylation is 1. The molecular weight excluding hydrogens is 264 g/mol. The summed E-state index contributed by atoms with van der Waals surface area (Å²) in [4.78, 5) is 14.5. The summed E-state index contributed by atoms with van der Waals surface area (Å²) >= 11 is 0. The van der Waals surface area contributed by atoms with Gasteiger partial charge in [0, 0.05) is 13.1 Å². The van der Waals surface area contributed by atoms with Crippen LogP contribution in [0.3, 0.4) is 0 Å². The van der Waals surface area contributed by atoms with Crippen molar-refractivity contribution in [2.75, 3.05) is 5.32 Å². The van der Waals surface area contributed by atoms with Crippen molar-refractivity contribution < 1.29 is 9.34 Å². The standard InChI is InChI=1S/C11H10N6O3/c1-16-6-13-15-9(16)5-12-11-14-10-7(17(18)19)3-2-4-8(10)20-11/h2-4,6H,5H2,1H3,(H,12,14). The monoisotopic (exact) mass is 274 g/mol. The van der Waals surface area contributed by atoms with Crippen molar-refractivity contribution in [3.63, 3.8) is 0 Å². The number of fused-ring (bicyclic) bond motifs is 1. The van der Waals surface area contributed by atoms with E-state index in [1.807, 2.05) is 7.05 Å². The van der Waals surface area contributed by atoms with Gasteiger partial charge in [0.05, 0.1) is 11.5 Å². The van der Waals surface area contributed by atoms with Gasteiger partial charge < -0.3 is 14.3 Å². The van der Waals surface area contributed by atoms with Crippen LogP contribution in [0.5, 0.6) is 0 Å². The van der Waals surface area contributed by atoms with Crippen molar-refractivity contribution in [2.24, 2.45) is 7.05 Å². The van der Waals surface area contributed by atoms with E-state index in [1.165, 1.54) is 6.07 Å². The molecule has 0 radical (unpaired) electrons. The lowest BCUT2D eigenvalue weighted by molar-refractivity contribution is -0.383. The highest BCUT2D eigenvalue weighted by molar-refractivity contribution is 5.83. The van der Waals surface area contributed by atoms with E-state index in [1.54, 1.807) is 23.0 Å². The number of nitrogens with zero attached hydrogens (tertiary/aromatic N) is 5. The van der Waals surface area contributed by atoms with Crippen molar-refractivity contribution in [1.29, 1.82) is 0 Å². The highest BCUT2D eigenvalue weighted by atomic mass is 16.6. The first-order valence-corrected chi connectivity index (χ1v) is 5.76. The Balaban J connectivity index is 1.88. The van der Waals surface area contributed by atoms with E-state index >= 15 is 0 Å². The number of nitro benzene ring substituents is 1. The summed E-state index contributed by atoms with van der Waals surface area (Å²) in [7, 11) is 1.81. The van der Waals surface area contributed by atoms with Gasteiger partial charge >= 0.3 is 0 Å². The van der Waals surface area contributed by atoms with Crippen LogP contribution in [0.15, 0.2) is 28.9 Å². The van der Waals surface area contributed by atoms with Gasteiger partial charge in [0.1, 0.15) is 6.33 Å². The lowest BCUT2D eigenvalue weighted by Gasteiger charge is -1.99. The molecule has 0 amide bonds. The Hall–Kier alpha value is -2.97. The van der Waals surface area contributed by atoms with Gasteiger partial charge in [-0.15, -0.1) is 10.2 Å². The van der Waals surface area contributed by atoms with Gasteiger partial charge in [0.25, 0.3) is 11.7 Å². The minimum absolute atomic E-state index is 0.0852. The minimum Gasteiger partial charge on any atom is -0.423 e. The van der Waals surface area contributed by atoms with Gasteiger partial charge in [-0.3, -0.25) is 10.1 Å². The van der Waals surface area contributed by atoms with Crippen LogP contribution in [0.1, 0.15) is 5.82 Å². The maximum atomic E-state index is 10.9. The van der Waals surface area contributed by atoms with E-state index in [4.69, 9.17) is 4.42 Å². The average Bonchev–Trinajstić information content (AvgIpc) is 3.01. The number of nitro groups is 1. The number of rotatable bonds is 4. The largest absolute Gasteiger partial charge is 0.423 e. The molecule has 9 heteroatoms. The van der Waals surface area contributed by atoms with Crippen LogP contribution in [-0.4, -0.2) is 24.7 Å². The van der Waals surface area contributed by atoms with Crippen LogP contribution < -0.4 is 5.32 Å². The summed E-state index contributed by atoms with van der Waals surface area (Å²) in [5.74, 6) is 0.696. The first kappa shape index (κ1) is 12.1. The van der Waals surface area contributed by atoms with E-state index in [-0.39, 0.29) is 17.2 Å². The number of hydrogen-bond donors (Lipinski definition) is 1. The third-order valence-corrected chi connectivity index (χ3v) is 2.80. The zero-order valence-corrected chi connectivity index (χ0v) is 10.5. The van der Waals surface area contributed by atoms with Gasteiger partial charge in [-0.05, 0) is 6.07 Å². The van der Waals surface area contributed by atoms with Crippen LogP contribution in [0, 0.1) is 10.1 Å². The number of non-ortho nitro benzene ring substituents is 1. The average molecular weight is 274 g/mol. The van der Waals surface area contributed by atoms with Gasteiger partial charge in [-0.25, -0.2) is 0 Å². The molecular formula is C11H10N6O3. The summed E-state index contributed by atoms with van der Waals surface area (Å²) in [6.45, 7) is 0.358. The molecule has 0 saturated carbocycles. The fourth-order valence-corrected chi connectivity index (χ4v) is 1.78. The van der Waals surface area contributed by atoms with Crippen LogP contribution in [0.2, 0.25) is 0 Å². The Morgan fingerprint density at radius 3 is 3.05 bits per heavy atom. The number of hydrogen-bond acceptors (Lipinski definition) is 7. The molecule has 9 nitrogen and oxygen atoms in total. The molecule has 2 aromatic heterocycles. The molecule has 1 aromatic carbocycles. The quantitative estimate of drug-likeness (QED) is 0.566. The Morgan fingerprint density at radius 2 is 2.35 bits per heavy atom. The molecule has 3 rings (SSSR count). The van der Waals surface area contributed by atoms with E-state index < -0.39 is 4.92 Å². The number of oxazole rings is 1. The van der Waals surface area contributed by atoms with Gasteiger partial charge in [-0.1, -0.05) is 6.07 Å². The molecule has 3 aromatic rings. The molecule has 0 aliphatic rings. The molecule has 0 atom stereocenters. The van der Waals surface area contributed by atoms with Crippen molar-refractivity contribution in [3.8, 4) is 0 Å². The van der Waals surface area contributed by atoms with Crippen LogP contribution in [0.25, 0.3) is 11.1 Å². The Kier molecular flexibility index (Phi) is 2.78. The molecule has 0 spiro atoms. The van der Waals surface area contributed by atoms with Crippen molar-refractivity contribution in [1.82, 2.24) is 19.7 Å². The summed E-state index contributed by atoms with van der Waals surface area (Å²) in [6.07, 6.45) is 1.58. The van der Waals surface area contributed by atoms with Crippen LogP contribution >= 0.6 is 0 Å². The zero-order valence-electron chi connectivity index (χ0n) is 10.5. The van der Waals surface area contributed by atoms with Crippen molar-refractivity contribution in [3.05, 3.63) is 40.5 Å². The third kappa shape index (κ3) is 2.05. The van der Waals surface area contributed by atoms with E-state index in [9.17, 15) is 10.1 Å². The lowest BCUT2D eigenvalue weighted by atomic mass is 10.3. The number of para-hydroxylation sites is 1. The van der Waals surface area contributed by atoms with Crippen molar-refractivity contribution >= 4 is 22.8 Å². The number of aromatic nitrogens is 4. The summed E-state index contributed by atoms with van der Waals surface area (Å²) < 4.78 is 7.16. The number of benzene rings is 1. The molecule has 0 aliphatic heterocycles. The molecule has 0 fully saturated rings. The zero-order chi connectivity index (χ0) is 14.1. The third-order valence-electron chi connectivity index (χ3n) is 2.80. The van der Waals surface area contributed by atoms with Gasteiger partial charge in [0.15, 0.2) is 16.9 Å². The molecule has 0 saturated heterocycles. The van der Waals surface area contributed by atoms with Crippen LogP contribution in [-0.2, 0) is 13.6 Å². The maximum Gasteiger partial charge on any atom is 0.298 e. The van der Waals surface area contributed by atoms with E-state index in [0.717, 1.165) is 0 Å². The number of anilines is 1. The summed E-state index contributed by atoms with van der Waals surface area (Å²) in [6, 6.07) is 4.77. The van der Waals surface area contributed by atoms with Gasteiger partial charge in [0.2, 0.25) is 0 Å². The fraction of sp³-hybridized carbons (Fsp3) is 0.182. The van der Waals surface area contributed by atoms with Crippen LogP contribution in [0.4, 0.5) is 11.7 Å². The molecule has 0 bridgehead atoms. The first-order chi connectivity index (χ1) is 9.65. The normalized spacial score (nSPS) is 10.8.